The van der Waals surface area contributed by atoms with E-state index < -0.39 is 11.9 Å². The van der Waals surface area contributed by atoms with Crippen LogP contribution in [0.25, 0.3) is 20.2 Å². The largest absolute Gasteiger partial charge is 0.422 e. The molecular formula is C32H16Br3Cl2N3O4S2. The Morgan fingerprint density at radius 1 is 0.717 bits per heavy atom. The Hall–Kier alpha value is -3.10. The molecule has 0 saturated heterocycles. The quantitative estimate of drug-likeness (QED) is 0.0722. The zero-order chi connectivity index (χ0) is 32.5. The third-order valence-electron chi connectivity index (χ3n) is 6.52. The summed E-state index contributed by atoms with van der Waals surface area (Å²) in [5, 5.41) is 9.14. The van der Waals surface area contributed by atoms with Crippen molar-refractivity contribution in [2.45, 2.75) is 0 Å². The van der Waals surface area contributed by atoms with Gasteiger partial charge in [-0.25, -0.2) is 10.2 Å². The molecule has 2 aromatic heterocycles. The van der Waals surface area contributed by atoms with Gasteiger partial charge < -0.3 is 10.1 Å². The van der Waals surface area contributed by atoms with Crippen molar-refractivity contribution in [3.63, 3.8) is 0 Å². The minimum Gasteiger partial charge on any atom is -0.422 e. The number of nitrogens with one attached hydrogen (secondary N) is 2. The predicted octanol–water partition coefficient (Wildman–Crippen LogP) is 10.9. The first-order valence-electron chi connectivity index (χ1n) is 13.1. The van der Waals surface area contributed by atoms with E-state index in [1.165, 1.54) is 28.9 Å². The van der Waals surface area contributed by atoms with Gasteiger partial charge in [0.05, 0.1) is 16.3 Å². The Kier molecular flexibility index (Phi) is 9.95. The first-order chi connectivity index (χ1) is 22.1. The molecule has 2 amide bonds. The number of benzene rings is 4. The molecule has 6 aromatic rings. The lowest BCUT2D eigenvalue weighted by Gasteiger charge is -2.08. The van der Waals surface area contributed by atoms with Gasteiger partial charge in [0.25, 0.3) is 11.8 Å². The fourth-order valence-electron chi connectivity index (χ4n) is 4.33. The van der Waals surface area contributed by atoms with Crippen molar-refractivity contribution in [2.24, 2.45) is 5.10 Å². The van der Waals surface area contributed by atoms with Crippen LogP contribution in [-0.4, -0.2) is 24.0 Å². The molecule has 230 valence electrons. The van der Waals surface area contributed by atoms with E-state index in [2.05, 4.69) is 63.6 Å². The van der Waals surface area contributed by atoms with E-state index in [9.17, 15) is 14.4 Å². The van der Waals surface area contributed by atoms with Crippen molar-refractivity contribution in [1.29, 1.82) is 0 Å². The average molecular weight is 881 g/mol. The molecule has 0 unspecified atom stereocenters. The van der Waals surface area contributed by atoms with Gasteiger partial charge in [-0.15, -0.1) is 22.7 Å². The van der Waals surface area contributed by atoms with Crippen molar-refractivity contribution >= 4 is 144 Å². The van der Waals surface area contributed by atoms with E-state index in [-0.39, 0.29) is 16.5 Å². The molecule has 4 aromatic carbocycles. The lowest BCUT2D eigenvalue weighted by atomic mass is 10.2. The number of hydrazone groups is 1. The van der Waals surface area contributed by atoms with Gasteiger partial charge in [0.15, 0.2) is 0 Å². The number of hydrogen-bond acceptors (Lipinski definition) is 7. The standard InChI is InChI=1S/C32H16Br3Cl2N3O4S2/c33-17-5-10-23(44-32(43)29-27(37)22-9-4-19(35)13-25(22)46-29)16(11-17)14-38-40-30(41)15-1-6-20(7-2-15)39-31(42)28-26(36)21-8-3-18(34)12-24(21)45-28/h1-14H,(H,39,42)(H,40,41)/b38-14-. The summed E-state index contributed by atoms with van der Waals surface area (Å²) < 4.78 is 9.89. The molecule has 0 bridgehead atoms. The van der Waals surface area contributed by atoms with Crippen molar-refractivity contribution in [3.8, 4) is 5.75 Å². The normalized spacial score (nSPS) is 11.3. The number of halogens is 5. The second kappa shape index (κ2) is 13.9. The van der Waals surface area contributed by atoms with Crippen LogP contribution in [0.4, 0.5) is 5.69 Å². The summed E-state index contributed by atoms with van der Waals surface area (Å²) >= 11 is 25.7. The Bertz CT molecular complexity index is 2220. The minimum atomic E-state index is -0.613. The number of rotatable bonds is 7. The van der Waals surface area contributed by atoms with Gasteiger partial charge in [0, 0.05) is 50.4 Å². The zero-order valence-corrected chi connectivity index (χ0v) is 30.8. The maximum Gasteiger partial charge on any atom is 0.355 e. The highest BCUT2D eigenvalue weighted by molar-refractivity contribution is 9.11. The van der Waals surface area contributed by atoms with Gasteiger partial charge in [-0.05, 0) is 66.7 Å². The molecule has 0 radical (unpaired) electrons. The topological polar surface area (TPSA) is 96.9 Å². The fourth-order valence-corrected chi connectivity index (χ4v) is 8.61. The number of anilines is 1. The van der Waals surface area contributed by atoms with Crippen LogP contribution in [0, 0.1) is 0 Å². The average Bonchev–Trinajstić information content (AvgIpc) is 3.53. The summed E-state index contributed by atoms with van der Waals surface area (Å²) in [5.41, 5.74) is 3.71. The summed E-state index contributed by atoms with van der Waals surface area (Å²) in [6.45, 7) is 0. The van der Waals surface area contributed by atoms with Crippen LogP contribution < -0.4 is 15.5 Å². The molecule has 2 heterocycles. The molecule has 46 heavy (non-hydrogen) atoms. The second-order valence-electron chi connectivity index (χ2n) is 9.57. The number of thiophene rings is 2. The molecule has 0 atom stereocenters. The number of amides is 2. The summed E-state index contributed by atoms with van der Waals surface area (Å²) in [6.07, 6.45) is 1.37. The van der Waals surface area contributed by atoms with Crippen LogP contribution in [0.1, 0.15) is 35.3 Å². The predicted molar refractivity (Wildman–Crippen MR) is 198 cm³/mol. The molecule has 6 rings (SSSR count). The number of carbonyl (C=O) groups excluding carboxylic acids is 3. The van der Waals surface area contributed by atoms with E-state index in [0.717, 1.165) is 29.1 Å². The first-order valence-corrected chi connectivity index (χ1v) is 17.9. The van der Waals surface area contributed by atoms with Crippen molar-refractivity contribution < 1.29 is 19.1 Å². The molecular weight excluding hydrogens is 865 g/mol. The Morgan fingerprint density at radius 3 is 1.93 bits per heavy atom. The number of fused-ring (bicyclic) bond motifs is 2. The molecule has 14 heteroatoms. The summed E-state index contributed by atoms with van der Waals surface area (Å²) in [5.74, 6) is -1.22. The number of ether oxygens (including phenoxy) is 1. The summed E-state index contributed by atoms with van der Waals surface area (Å²) in [6, 6.07) is 22.6. The first kappa shape index (κ1) is 32.8. The molecule has 0 aliphatic carbocycles. The number of carbonyl (C=O) groups is 3. The fraction of sp³-hybridized carbons (Fsp3) is 0. The Balaban J connectivity index is 1.11. The molecule has 0 fully saturated rings. The molecule has 0 aliphatic heterocycles. The summed E-state index contributed by atoms with van der Waals surface area (Å²) in [4.78, 5) is 39.4. The molecule has 7 nitrogen and oxygen atoms in total. The van der Waals surface area contributed by atoms with Crippen molar-refractivity contribution in [3.05, 3.63) is 123 Å². The van der Waals surface area contributed by atoms with Crippen LogP contribution in [0.2, 0.25) is 10.0 Å². The SMILES string of the molecule is O=C(N/N=C\c1cc(Br)ccc1OC(=O)c1sc2cc(Br)ccc2c1Cl)c1ccc(NC(=O)c2sc3cc(Br)ccc3c2Cl)cc1. The van der Waals surface area contributed by atoms with Gasteiger partial charge in [-0.1, -0.05) is 83.1 Å². The van der Waals surface area contributed by atoms with Crippen LogP contribution in [0.15, 0.2) is 97.4 Å². The molecule has 0 spiro atoms. The van der Waals surface area contributed by atoms with Crippen LogP contribution >= 0.6 is 93.7 Å². The smallest absolute Gasteiger partial charge is 0.355 e. The van der Waals surface area contributed by atoms with Gasteiger partial charge in [-0.2, -0.15) is 5.10 Å². The number of nitrogens with zero attached hydrogens (tertiary/aromatic N) is 1. The Morgan fingerprint density at radius 2 is 1.28 bits per heavy atom. The van der Waals surface area contributed by atoms with Gasteiger partial charge >= 0.3 is 5.97 Å². The third-order valence-corrected chi connectivity index (χ3v) is 11.3. The van der Waals surface area contributed by atoms with Gasteiger partial charge in [-0.3, -0.25) is 9.59 Å². The van der Waals surface area contributed by atoms with E-state index in [4.69, 9.17) is 27.9 Å². The second-order valence-corrected chi connectivity index (χ2v) is 15.2. The lowest BCUT2D eigenvalue weighted by Crippen LogP contribution is -2.18. The highest BCUT2D eigenvalue weighted by Gasteiger charge is 2.21. The maximum absolute atomic E-state index is 13.1. The molecule has 0 aliphatic rings. The van der Waals surface area contributed by atoms with Crippen molar-refractivity contribution in [2.75, 3.05) is 5.32 Å². The zero-order valence-electron chi connectivity index (χ0n) is 22.9. The Labute approximate surface area is 304 Å². The van der Waals surface area contributed by atoms with E-state index >= 15 is 0 Å². The van der Waals surface area contributed by atoms with E-state index in [0.29, 0.717) is 36.2 Å². The lowest BCUT2D eigenvalue weighted by molar-refractivity contribution is 0.0739. The highest BCUT2D eigenvalue weighted by atomic mass is 79.9. The van der Waals surface area contributed by atoms with E-state index in [1.807, 2.05) is 36.4 Å². The maximum atomic E-state index is 13.1. The van der Waals surface area contributed by atoms with Crippen LogP contribution in [0.5, 0.6) is 5.75 Å². The molecule has 0 saturated carbocycles. The molecule has 2 N–H and O–H groups in total. The van der Waals surface area contributed by atoms with Crippen molar-refractivity contribution in [1.82, 2.24) is 5.43 Å². The van der Waals surface area contributed by atoms with Crippen LogP contribution in [0.3, 0.4) is 0 Å². The van der Waals surface area contributed by atoms with Gasteiger partial charge in [0.1, 0.15) is 15.5 Å². The number of esters is 1. The van der Waals surface area contributed by atoms with Crippen LogP contribution in [-0.2, 0) is 0 Å². The minimum absolute atomic E-state index is 0.229. The third kappa shape index (κ3) is 7.08. The van der Waals surface area contributed by atoms with Gasteiger partial charge in [0.2, 0.25) is 0 Å². The van der Waals surface area contributed by atoms with E-state index in [1.54, 1.807) is 42.5 Å². The highest BCUT2D eigenvalue weighted by Crippen LogP contribution is 2.38. The number of hydrogen-bond donors (Lipinski definition) is 2. The monoisotopic (exact) mass is 877 g/mol. The summed E-state index contributed by atoms with van der Waals surface area (Å²) in [7, 11) is 0.